The minimum absolute atomic E-state index is 0.123. The number of nitriles is 1. The van der Waals surface area contributed by atoms with Crippen LogP contribution in [0.1, 0.15) is 55.5 Å². The summed E-state index contributed by atoms with van der Waals surface area (Å²) >= 11 is 12.9. The summed E-state index contributed by atoms with van der Waals surface area (Å²) in [6, 6.07) is 12.3. The van der Waals surface area contributed by atoms with Gasteiger partial charge in [0.1, 0.15) is 11.8 Å². The van der Waals surface area contributed by atoms with Gasteiger partial charge in [0.2, 0.25) is 5.69 Å². The van der Waals surface area contributed by atoms with E-state index in [1.807, 2.05) is 23.2 Å². The summed E-state index contributed by atoms with van der Waals surface area (Å²) in [5.74, 6) is 2.01. The zero-order chi connectivity index (χ0) is 26.3. The van der Waals surface area contributed by atoms with E-state index in [0.29, 0.717) is 11.7 Å². The predicted octanol–water partition coefficient (Wildman–Crippen LogP) is 6.04. The van der Waals surface area contributed by atoms with Gasteiger partial charge in [0.25, 0.3) is 5.56 Å². The number of benzene rings is 2. The first kappa shape index (κ1) is 25.0. The Kier molecular flexibility index (Phi) is 6.76. The Bertz CT molecular complexity index is 1660. The van der Waals surface area contributed by atoms with Crippen molar-refractivity contribution in [1.29, 1.82) is 5.26 Å². The van der Waals surface area contributed by atoms with Gasteiger partial charge >= 0.3 is 5.69 Å². The monoisotopic (exact) mass is 535 g/mol. The molecule has 0 spiro atoms. The number of hydrogen-bond donors (Lipinski definition) is 1. The van der Waals surface area contributed by atoms with Crippen LogP contribution in [0.2, 0.25) is 10.0 Å². The second kappa shape index (κ2) is 10.0. The third-order valence-corrected chi connectivity index (χ3v) is 7.38. The highest BCUT2D eigenvalue weighted by molar-refractivity contribution is 6.37. The van der Waals surface area contributed by atoms with E-state index in [-0.39, 0.29) is 21.5 Å². The molecule has 0 saturated heterocycles. The van der Waals surface area contributed by atoms with E-state index in [9.17, 15) is 9.59 Å². The molecule has 4 aromatic rings. The second-order valence-corrected chi connectivity index (χ2v) is 10.3. The van der Waals surface area contributed by atoms with Crippen molar-refractivity contribution >= 4 is 34.1 Å². The van der Waals surface area contributed by atoms with Gasteiger partial charge in [0.05, 0.1) is 21.2 Å². The highest BCUT2D eigenvalue weighted by Crippen LogP contribution is 2.40. The molecule has 37 heavy (non-hydrogen) atoms. The number of nitrogens with zero attached hydrogens (tertiary/aromatic N) is 4. The summed E-state index contributed by atoms with van der Waals surface area (Å²) in [4.78, 5) is 30.8. The van der Waals surface area contributed by atoms with Crippen LogP contribution < -0.4 is 16.0 Å². The maximum Gasteiger partial charge on any atom is 0.349 e. The van der Waals surface area contributed by atoms with Crippen molar-refractivity contribution in [3.05, 3.63) is 84.2 Å². The molecule has 1 N–H and O–H groups in total. The van der Waals surface area contributed by atoms with Crippen LogP contribution >= 0.6 is 23.2 Å². The molecule has 0 bridgehead atoms. The van der Waals surface area contributed by atoms with E-state index < -0.39 is 16.9 Å². The summed E-state index contributed by atoms with van der Waals surface area (Å²) in [5, 5.41) is 14.1. The molecule has 1 saturated carbocycles. The molecule has 1 fully saturated rings. The summed E-state index contributed by atoms with van der Waals surface area (Å²) in [6.07, 6.45) is 4.82. The van der Waals surface area contributed by atoms with Gasteiger partial charge in [-0.15, -0.1) is 5.10 Å². The van der Waals surface area contributed by atoms with Gasteiger partial charge in [0, 0.05) is 17.0 Å². The number of aryl methyl sites for hydroxylation is 1. The first-order chi connectivity index (χ1) is 17.7. The number of ether oxygens (including phenoxy) is 1. The number of fused-ring (bicyclic) bond motifs is 1. The molecule has 1 aliphatic rings. The van der Waals surface area contributed by atoms with Crippen LogP contribution in [0, 0.1) is 24.2 Å². The second-order valence-electron chi connectivity index (χ2n) is 9.47. The lowest BCUT2D eigenvalue weighted by molar-refractivity contribution is 0.344. The van der Waals surface area contributed by atoms with E-state index in [1.165, 1.54) is 37.8 Å². The quantitative estimate of drug-likeness (QED) is 0.340. The van der Waals surface area contributed by atoms with E-state index in [2.05, 4.69) is 25.0 Å². The third kappa shape index (κ3) is 4.97. The molecule has 0 unspecified atom stereocenters. The molecular formula is C27H23Cl2N5O3. The molecule has 188 valence electrons. The van der Waals surface area contributed by atoms with Crippen molar-refractivity contribution in [3.63, 3.8) is 0 Å². The number of nitrogens with one attached hydrogen (secondary N) is 1. The van der Waals surface area contributed by atoms with Crippen molar-refractivity contribution in [1.82, 2.24) is 19.7 Å². The van der Waals surface area contributed by atoms with Crippen molar-refractivity contribution in [2.75, 3.05) is 0 Å². The molecule has 2 aromatic carbocycles. The number of hydrogen-bond acceptors (Lipinski definition) is 6. The molecule has 0 atom stereocenters. The largest absolute Gasteiger partial charge is 0.454 e. The number of aromatic amines is 1. The normalized spacial score (nSPS) is 17.5. The summed E-state index contributed by atoms with van der Waals surface area (Å²) in [6.45, 7) is 4.38. The van der Waals surface area contributed by atoms with Crippen LogP contribution in [-0.2, 0) is 0 Å². The van der Waals surface area contributed by atoms with Gasteiger partial charge < -0.3 is 4.74 Å². The first-order valence-corrected chi connectivity index (χ1v) is 12.7. The van der Waals surface area contributed by atoms with Crippen molar-refractivity contribution < 1.29 is 4.74 Å². The van der Waals surface area contributed by atoms with Crippen molar-refractivity contribution in [2.24, 2.45) is 5.92 Å². The molecule has 0 amide bonds. The van der Waals surface area contributed by atoms with Gasteiger partial charge in [-0.2, -0.15) is 9.94 Å². The van der Waals surface area contributed by atoms with Crippen molar-refractivity contribution in [2.45, 2.75) is 45.4 Å². The Hall–Kier alpha value is -3.67. The molecular weight excluding hydrogens is 513 g/mol. The number of rotatable bonds is 4. The molecule has 8 nitrogen and oxygen atoms in total. The van der Waals surface area contributed by atoms with Crippen LogP contribution in [0.3, 0.4) is 0 Å². The molecule has 0 aliphatic heterocycles. The number of aromatic nitrogens is 4. The van der Waals surface area contributed by atoms with Crippen LogP contribution in [0.25, 0.3) is 16.6 Å². The lowest BCUT2D eigenvalue weighted by Crippen LogP contribution is -2.33. The lowest BCUT2D eigenvalue weighted by atomic mass is 9.81. The van der Waals surface area contributed by atoms with Gasteiger partial charge in [-0.25, -0.2) is 4.79 Å². The molecule has 5 rings (SSSR count). The topological polar surface area (TPSA) is 114 Å². The van der Waals surface area contributed by atoms with Crippen LogP contribution in [0.15, 0.2) is 46.0 Å². The summed E-state index contributed by atoms with van der Waals surface area (Å²) in [7, 11) is 0. The summed E-state index contributed by atoms with van der Waals surface area (Å²) < 4.78 is 6.88. The summed E-state index contributed by atoms with van der Waals surface area (Å²) in [5.41, 5.74) is 1.18. The minimum Gasteiger partial charge on any atom is -0.454 e. The maximum atomic E-state index is 12.2. The fourth-order valence-corrected chi connectivity index (χ4v) is 5.31. The first-order valence-electron chi connectivity index (χ1n) is 12.0. The Balaban J connectivity index is 1.45. The Morgan fingerprint density at radius 1 is 1.08 bits per heavy atom. The Labute approximate surface area is 222 Å². The van der Waals surface area contributed by atoms with E-state index in [4.69, 9.17) is 38.2 Å². The number of pyridine rings is 1. The molecule has 1 aliphatic carbocycles. The van der Waals surface area contributed by atoms with Crippen molar-refractivity contribution in [3.8, 4) is 23.3 Å². The zero-order valence-corrected chi connectivity index (χ0v) is 21.7. The fourth-order valence-electron chi connectivity index (χ4n) is 4.76. The van der Waals surface area contributed by atoms with E-state index in [0.717, 1.165) is 32.8 Å². The predicted molar refractivity (Wildman–Crippen MR) is 142 cm³/mol. The van der Waals surface area contributed by atoms with Crippen LogP contribution in [-0.4, -0.2) is 19.7 Å². The molecule has 10 heteroatoms. The number of H-pyrrole nitrogens is 1. The highest BCUT2D eigenvalue weighted by atomic mass is 35.5. The standard InChI is InChI=1S/C27H23Cl2N5O3/c1-14-3-5-16(6-4-14)23-9-15(2)19-12-18(7-8-22(19)31-23)37-25-20(28)10-17(11-21(25)29)34-27(36)32-26(35)24(13-30)33-34/h7-12,14,16H,3-6H2,1-2H3,(H,32,35,36). The van der Waals surface area contributed by atoms with E-state index in [1.54, 1.807) is 6.07 Å². The average molecular weight is 536 g/mol. The average Bonchev–Trinajstić information content (AvgIpc) is 2.87. The third-order valence-electron chi connectivity index (χ3n) is 6.82. The van der Waals surface area contributed by atoms with Gasteiger partial charge in [-0.05, 0) is 67.6 Å². The van der Waals surface area contributed by atoms with Crippen LogP contribution in [0.5, 0.6) is 11.5 Å². The molecule has 0 radical (unpaired) electrons. The highest BCUT2D eigenvalue weighted by Gasteiger charge is 2.22. The smallest absolute Gasteiger partial charge is 0.349 e. The minimum atomic E-state index is -0.873. The van der Waals surface area contributed by atoms with Gasteiger partial charge in [0.15, 0.2) is 5.75 Å². The zero-order valence-electron chi connectivity index (χ0n) is 20.2. The van der Waals surface area contributed by atoms with Crippen LogP contribution in [0.4, 0.5) is 0 Å². The Morgan fingerprint density at radius 3 is 2.46 bits per heavy atom. The maximum absolute atomic E-state index is 12.2. The molecule has 2 aromatic heterocycles. The number of halogens is 2. The Morgan fingerprint density at radius 2 is 1.78 bits per heavy atom. The molecule has 2 heterocycles. The fraction of sp³-hybridized carbons (Fsp3) is 0.296. The van der Waals surface area contributed by atoms with Gasteiger partial charge in [-0.3, -0.25) is 14.8 Å². The van der Waals surface area contributed by atoms with E-state index >= 15 is 0 Å². The SMILES string of the molecule is Cc1cc(C2CCC(C)CC2)nc2ccc(Oc3c(Cl)cc(-n4nc(C#N)c(=O)[nH]c4=O)cc3Cl)cc12. The lowest BCUT2D eigenvalue weighted by Gasteiger charge is -2.26. The van der Waals surface area contributed by atoms with Gasteiger partial charge in [-0.1, -0.05) is 43.0 Å².